The third-order valence-electron chi connectivity index (χ3n) is 6.59. The zero-order valence-electron chi connectivity index (χ0n) is 20.1. The van der Waals surface area contributed by atoms with Gasteiger partial charge in [-0.3, -0.25) is 4.79 Å². The first-order valence-electron chi connectivity index (χ1n) is 12.5. The van der Waals surface area contributed by atoms with Crippen molar-refractivity contribution in [1.82, 2.24) is 9.47 Å². The van der Waals surface area contributed by atoms with Crippen molar-refractivity contribution in [1.29, 1.82) is 0 Å². The van der Waals surface area contributed by atoms with Crippen LogP contribution < -0.4 is 4.74 Å². The van der Waals surface area contributed by atoms with Gasteiger partial charge in [-0.2, -0.15) is 0 Å². The minimum Gasteiger partial charge on any atom is -0.489 e. The minimum absolute atomic E-state index is 0.0827. The Hall–Kier alpha value is -3.57. The van der Waals surface area contributed by atoms with E-state index in [1.807, 2.05) is 41.4 Å². The van der Waals surface area contributed by atoms with Gasteiger partial charge in [0.1, 0.15) is 12.4 Å². The molecule has 1 saturated heterocycles. The second kappa shape index (κ2) is 11.2. The topological polar surface area (TPSA) is 43.7 Å². The van der Waals surface area contributed by atoms with Gasteiger partial charge in [0.2, 0.25) is 0 Å². The number of benzene rings is 3. The summed E-state index contributed by atoms with van der Waals surface area (Å²) in [6.07, 6.45) is 5.23. The normalized spacial score (nSPS) is 13.8. The standard InChI is InChI=1S/C30H32N2O3/c33-30(31-17-19-34-20-18-31)28-22-32(16-8-7-11-24-9-3-1-4-10-24)29-21-26(14-15-27(28)29)35-23-25-12-5-2-6-13-25/h1-6,9-10,12-15,21-22H,7-8,11,16-20,23H2. The van der Waals surface area contributed by atoms with Gasteiger partial charge in [-0.15, -0.1) is 0 Å². The summed E-state index contributed by atoms with van der Waals surface area (Å²) in [5.41, 5.74) is 4.31. The number of nitrogens with zero attached hydrogens (tertiary/aromatic N) is 2. The van der Waals surface area contributed by atoms with Crippen LogP contribution in [0, 0.1) is 0 Å². The van der Waals surface area contributed by atoms with Gasteiger partial charge >= 0.3 is 0 Å². The monoisotopic (exact) mass is 468 g/mol. The Bertz CT molecular complexity index is 1240. The van der Waals surface area contributed by atoms with Crippen LogP contribution in [-0.2, 0) is 24.3 Å². The Morgan fingerprint density at radius 2 is 1.57 bits per heavy atom. The van der Waals surface area contributed by atoms with Crippen LogP contribution >= 0.6 is 0 Å². The number of amides is 1. The number of carbonyl (C=O) groups is 1. The molecule has 3 aromatic carbocycles. The van der Waals surface area contributed by atoms with Crippen LogP contribution in [0.25, 0.3) is 10.9 Å². The molecule has 0 N–H and O–H groups in total. The quantitative estimate of drug-likeness (QED) is 0.295. The Morgan fingerprint density at radius 1 is 0.857 bits per heavy atom. The Labute approximate surface area is 206 Å². The molecule has 0 aliphatic carbocycles. The SMILES string of the molecule is O=C(c1cn(CCCCc2ccccc2)c2cc(OCc3ccccc3)ccc12)N1CCOCC1. The van der Waals surface area contributed by atoms with Crippen LogP contribution in [0.5, 0.6) is 5.75 Å². The maximum atomic E-state index is 13.4. The molecule has 5 rings (SSSR count). The zero-order valence-corrected chi connectivity index (χ0v) is 20.1. The fourth-order valence-electron chi connectivity index (χ4n) is 4.65. The summed E-state index contributed by atoms with van der Waals surface area (Å²) in [6.45, 7) is 3.86. The number of carbonyl (C=O) groups excluding carboxylic acids is 1. The molecule has 0 atom stereocenters. The molecule has 1 aromatic heterocycles. The van der Waals surface area contributed by atoms with E-state index in [0.29, 0.717) is 32.9 Å². The maximum absolute atomic E-state index is 13.4. The van der Waals surface area contributed by atoms with Crippen molar-refractivity contribution in [3.05, 3.63) is 102 Å². The molecule has 2 heterocycles. The smallest absolute Gasteiger partial charge is 0.256 e. The van der Waals surface area contributed by atoms with E-state index in [2.05, 4.69) is 53.1 Å². The molecule has 0 unspecified atom stereocenters. The Morgan fingerprint density at radius 3 is 2.31 bits per heavy atom. The Kier molecular flexibility index (Phi) is 7.44. The average molecular weight is 469 g/mol. The van der Waals surface area contributed by atoms with Crippen molar-refractivity contribution >= 4 is 16.8 Å². The van der Waals surface area contributed by atoms with E-state index in [1.54, 1.807) is 0 Å². The fraction of sp³-hybridized carbons (Fsp3) is 0.300. The van der Waals surface area contributed by atoms with Gasteiger partial charge in [-0.25, -0.2) is 0 Å². The highest BCUT2D eigenvalue weighted by molar-refractivity contribution is 6.07. The first kappa shape index (κ1) is 23.2. The summed E-state index contributed by atoms with van der Waals surface area (Å²) in [5.74, 6) is 0.898. The lowest BCUT2D eigenvalue weighted by molar-refractivity contribution is 0.0304. The highest BCUT2D eigenvalue weighted by Gasteiger charge is 2.23. The molecule has 1 amide bonds. The summed E-state index contributed by atoms with van der Waals surface area (Å²) >= 11 is 0. The number of aryl methyl sites for hydroxylation is 2. The van der Waals surface area contributed by atoms with Gasteiger partial charge in [0.15, 0.2) is 0 Å². The summed E-state index contributed by atoms with van der Waals surface area (Å²) in [6, 6.07) is 26.9. The highest BCUT2D eigenvalue weighted by Crippen LogP contribution is 2.28. The summed E-state index contributed by atoms with van der Waals surface area (Å²) < 4.78 is 13.8. The number of unbranched alkanes of at least 4 members (excludes halogenated alkanes) is 1. The second-order valence-corrected chi connectivity index (χ2v) is 9.04. The molecule has 1 aliphatic heterocycles. The molecular weight excluding hydrogens is 436 g/mol. The molecule has 0 spiro atoms. The van der Waals surface area contributed by atoms with E-state index in [-0.39, 0.29) is 5.91 Å². The van der Waals surface area contributed by atoms with E-state index < -0.39 is 0 Å². The molecule has 1 aliphatic rings. The third-order valence-corrected chi connectivity index (χ3v) is 6.59. The number of fused-ring (bicyclic) bond motifs is 1. The van der Waals surface area contributed by atoms with Crippen LogP contribution in [0.3, 0.4) is 0 Å². The number of hydrogen-bond donors (Lipinski definition) is 0. The van der Waals surface area contributed by atoms with Crippen LogP contribution in [0.15, 0.2) is 85.1 Å². The molecule has 4 aromatic rings. The lowest BCUT2D eigenvalue weighted by atomic mass is 10.1. The van der Waals surface area contributed by atoms with Crippen molar-refractivity contribution in [2.75, 3.05) is 26.3 Å². The van der Waals surface area contributed by atoms with Crippen molar-refractivity contribution in [3.8, 4) is 5.75 Å². The van der Waals surface area contributed by atoms with Crippen molar-refractivity contribution in [2.24, 2.45) is 0 Å². The van der Waals surface area contributed by atoms with E-state index >= 15 is 0 Å². The molecule has 1 fully saturated rings. The number of ether oxygens (including phenoxy) is 2. The second-order valence-electron chi connectivity index (χ2n) is 9.04. The molecule has 0 radical (unpaired) electrons. The molecule has 35 heavy (non-hydrogen) atoms. The van der Waals surface area contributed by atoms with Gasteiger partial charge in [0.25, 0.3) is 5.91 Å². The minimum atomic E-state index is 0.0827. The van der Waals surface area contributed by atoms with E-state index in [1.165, 1.54) is 5.56 Å². The summed E-state index contributed by atoms with van der Waals surface area (Å²) in [4.78, 5) is 15.3. The van der Waals surface area contributed by atoms with Gasteiger partial charge in [-0.05, 0) is 42.5 Å². The largest absolute Gasteiger partial charge is 0.489 e. The van der Waals surface area contributed by atoms with Gasteiger partial charge in [0, 0.05) is 37.3 Å². The Balaban J connectivity index is 1.35. The van der Waals surface area contributed by atoms with Crippen molar-refractivity contribution < 1.29 is 14.3 Å². The summed E-state index contributed by atoms with van der Waals surface area (Å²) in [5, 5.41) is 0.983. The zero-order chi connectivity index (χ0) is 23.9. The first-order valence-corrected chi connectivity index (χ1v) is 12.5. The molecule has 180 valence electrons. The average Bonchev–Trinajstić information content (AvgIpc) is 3.29. The predicted octanol–water partition coefficient (Wildman–Crippen LogP) is 5.72. The molecule has 5 nitrogen and oxygen atoms in total. The van der Waals surface area contributed by atoms with E-state index in [0.717, 1.165) is 53.6 Å². The third kappa shape index (κ3) is 5.75. The number of morpholine rings is 1. The van der Waals surface area contributed by atoms with Crippen molar-refractivity contribution in [3.63, 3.8) is 0 Å². The van der Waals surface area contributed by atoms with Crippen LogP contribution in [0.1, 0.15) is 34.3 Å². The molecule has 0 bridgehead atoms. The van der Waals surface area contributed by atoms with Crippen LogP contribution in [0.2, 0.25) is 0 Å². The number of aromatic nitrogens is 1. The van der Waals surface area contributed by atoms with Crippen molar-refractivity contribution in [2.45, 2.75) is 32.4 Å². The number of rotatable bonds is 9. The van der Waals surface area contributed by atoms with Crippen LogP contribution in [-0.4, -0.2) is 41.7 Å². The fourth-order valence-corrected chi connectivity index (χ4v) is 4.65. The maximum Gasteiger partial charge on any atom is 0.256 e. The predicted molar refractivity (Wildman–Crippen MR) is 139 cm³/mol. The van der Waals surface area contributed by atoms with Crippen LogP contribution in [0.4, 0.5) is 0 Å². The molecule has 0 saturated carbocycles. The first-order chi connectivity index (χ1) is 17.3. The number of hydrogen-bond acceptors (Lipinski definition) is 3. The molecular formula is C30H32N2O3. The molecule has 5 heteroatoms. The lowest BCUT2D eigenvalue weighted by Gasteiger charge is -2.26. The summed E-state index contributed by atoms with van der Waals surface area (Å²) in [7, 11) is 0. The van der Waals surface area contributed by atoms with Gasteiger partial charge < -0.3 is 18.9 Å². The lowest BCUT2D eigenvalue weighted by Crippen LogP contribution is -2.40. The van der Waals surface area contributed by atoms with Gasteiger partial charge in [0.05, 0.1) is 24.3 Å². The van der Waals surface area contributed by atoms with E-state index in [4.69, 9.17) is 9.47 Å². The van der Waals surface area contributed by atoms with Gasteiger partial charge in [-0.1, -0.05) is 60.7 Å². The highest BCUT2D eigenvalue weighted by atomic mass is 16.5. The van der Waals surface area contributed by atoms with E-state index in [9.17, 15) is 4.79 Å².